The molecule has 70 valence electrons. The predicted octanol–water partition coefficient (Wildman–Crippen LogP) is 2.48. The van der Waals surface area contributed by atoms with Crippen molar-refractivity contribution in [2.45, 2.75) is 51.9 Å². The van der Waals surface area contributed by atoms with Crippen LogP contribution in [-0.4, -0.2) is 19.5 Å². The van der Waals surface area contributed by atoms with Crippen LogP contribution in [0.2, 0.25) is 11.6 Å². The summed E-state index contributed by atoms with van der Waals surface area (Å²) < 4.78 is 5.92. The number of hydrogen-bond donors (Lipinski definition) is 0. The minimum absolute atomic E-state index is 0.0394. The Kier molecular flexibility index (Phi) is 2.58. The van der Waals surface area contributed by atoms with E-state index in [-0.39, 0.29) is 5.60 Å². The van der Waals surface area contributed by atoms with Crippen LogP contribution in [0.4, 0.5) is 0 Å². The molecule has 0 spiro atoms. The van der Waals surface area contributed by atoms with E-state index in [2.05, 4.69) is 34.6 Å². The summed E-state index contributed by atoms with van der Waals surface area (Å²) in [7, 11) is 1.28. The van der Waals surface area contributed by atoms with E-state index < -0.39 is 0 Å². The van der Waals surface area contributed by atoms with Gasteiger partial charge >= 0.3 is 0 Å². The van der Waals surface area contributed by atoms with Crippen molar-refractivity contribution in [1.29, 1.82) is 0 Å². The second-order valence-electron chi connectivity index (χ2n) is 5.35. The molecule has 0 aromatic carbocycles. The molecule has 0 amide bonds. The third-order valence-corrected chi connectivity index (χ3v) is 3.62. The van der Waals surface area contributed by atoms with Crippen molar-refractivity contribution in [1.82, 2.24) is 0 Å². The lowest BCUT2D eigenvalue weighted by Crippen LogP contribution is -2.38. The summed E-state index contributed by atoms with van der Waals surface area (Å²) in [4.78, 5) is 0. The predicted molar refractivity (Wildman–Crippen MR) is 55.2 cm³/mol. The van der Waals surface area contributed by atoms with Crippen LogP contribution >= 0.6 is 0 Å². The smallest absolute Gasteiger partial charge is 0.131 e. The minimum Gasteiger partial charge on any atom is -0.376 e. The van der Waals surface area contributed by atoms with Crippen molar-refractivity contribution in [3.8, 4) is 0 Å². The van der Waals surface area contributed by atoms with Gasteiger partial charge in [-0.25, -0.2) is 0 Å². The zero-order valence-corrected chi connectivity index (χ0v) is 9.11. The first kappa shape index (κ1) is 10.1. The van der Waals surface area contributed by atoms with Crippen LogP contribution in [0.3, 0.4) is 0 Å². The van der Waals surface area contributed by atoms with Crippen molar-refractivity contribution < 1.29 is 4.74 Å². The molecule has 0 aromatic rings. The maximum Gasteiger partial charge on any atom is 0.131 e. The van der Waals surface area contributed by atoms with Gasteiger partial charge in [-0.05, 0) is 25.1 Å². The van der Waals surface area contributed by atoms with Crippen LogP contribution in [-0.2, 0) is 4.74 Å². The summed E-state index contributed by atoms with van der Waals surface area (Å²) in [6.45, 7) is 12.3. The molecule has 1 heterocycles. The molecule has 2 heteroatoms. The molecule has 0 bridgehead atoms. The fourth-order valence-corrected chi connectivity index (χ4v) is 1.54. The van der Waals surface area contributed by atoms with Gasteiger partial charge in [0.1, 0.15) is 7.28 Å². The molecule has 1 atom stereocenters. The molecule has 0 aromatic heterocycles. The summed E-state index contributed by atoms with van der Waals surface area (Å²) in [5, 5.41) is 0.317. The first-order chi connectivity index (χ1) is 5.35. The molecular formula is C10H21BO. The Balaban J connectivity index is 2.74. The minimum atomic E-state index is 0.0394. The monoisotopic (exact) mass is 168 g/mol. The molecule has 1 rings (SSSR count). The molecule has 0 saturated carbocycles. The Morgan fingerprint density at radius 3 is 2.42 bits per heavy atom. The second-order valence-corrected chi connectivity index (χ2v) is 5.35. The number of ether oxygens (including phenoxy) is 1. The van der Waals surface area contributed by atoms with Crippen molar-refractivity contribution in [2.24, 2.45) is 5.92 Å². The molecule has 1 saturated heterocycles. The van der Waals surface area contributed by atoms with Gasteiger partial charge in [0.15, 0.2) is 0 Å². The lowest BCUT2D eigenvalue weighted by molar-refractivity contribution is -0.0490. The maximum absolute atomic E-state index is 5.92. The Morgan fingerprint density at radius 1 is 1.25 bits per heavy atom. The molecule has 12 heavy (non-hydrogen) atoms. The summed E-state index contributed by atoms with van der Waals surface area (Å²) in [6, 6.07) is 0. The van der Waals surface area contributed by atoms with Crippen molar-refractivity contribution >= 4 is 7.28 Å². The summed E-state index contributed by atoms with van der Waals surface area (Å²) in [5.74, 6) is 0.728. The Labute approximate surface area is 77.1 Å². The van der Waals surface area contributed by atoms with Gasteiger partial charge in [-0.15, -0.1) is 0 Å². The van der Waals surface area contributed by atoms with Gasteiger partial charge in [-0.2, -0.15) is 0 Å². The largest absolute Gasteiger partial charge is 0.376 e. The quantitative estimate of drug-likeness (QED) is 0.505. The van der Waals surface area contributed by atoms with Gasteiger partial charge in [-0.3, -0.25) is 0 Å². The van der Waals surface area contributed by atoms with E-state index in [0.29, 0.717) is 5.31 Å². The lowest BCUT2D eigenvalue weighted by atomic mass is 9.46. The van der Waals surface area contributed by atoms with E-state index in [4.69, 9.17) is 4.74 Å². The van der Waals surface area contributed by atoms with Gasteiger partial charge in [-0.1, -0.05) is 27.1 Å². The fourth-order valence-electron chi connectivity index (χ4n) is 1.54. The van der Waals surface area contributed by atoms with Crippen LogP contribution in [0.1, 0.15) is 34.6 Å². The van der Waals surface area contributed by atoms with E-state index in [1.54, 1.807) is 0 Å². The fraction of sp³-hybridized carbons (Fsp3) is 1.00. The first-order valence-electron chi connectivity index (χ1n) is 4.99. The highest BCUT2D eigenvalue weighted by molar-refractivity contribution is 6.40. The number of rotatable bonds is 0. The average Bonchev–Trinajstić information content (AvgIpc) is 2.02. The number of hydrogen-bond acceptors (Lipinski definition) is 1. The molecule has 0 radical (unpaired) electrons. The van der Waals surface area contributed by atoms with Crippen molar-refractivity contribution in [3.05, 3.63) is 0 Å². The van der Waals surface area contributed by atoms with Crippen LogP contribution in [0.25, 0.3) is 0 Å². The first-order valence-corrected chi connectivity index (χ1v) is 4.99. The normalized spacial score (nSPS) is 33.6. The van der Waals surface area contributed by atoms with E-state index in [1.807, 2.05) is 0 Å². The second kappa shape index (κ2) is 3.06. The van der Waals surface area contributed by atoms with Crippen molar-refractivity contribution in [3.63, 3.8) is 0 Å². The average molecular weight is 168 g/mol. The van der Waals surface area contributed by atoms with Gasteiger partial charge in [0.25, 0.3) is 0 Å². The van der Waals surface area contributed by atoms with E-state index in [1.165, 1.54) is 13.6 Å². The van der Waals surface area contributed by atoms with Crippen LogP contribution in [0.15, 0.2) is 0 Å². The molecular weight excluding hydrogens is 147 g/mol. The van der Waals surface area contributed by atoms with Crippen LogP contribution in [0, 0.1) is 5.92 Å². The zero-order chi connectivity index (χ0) is 9.41. The Morgan fingerprint density at radius 2 is 1.83 bits per heavy atom. The summed E-state index contributed by atoms with van der Waals surface area (Å²) in [5.41, 5.74) is 0.0394. The molecule has 1 aliphatic heterocycles. The van der Waals surface area contributed by atoms with E-state index >= 15 is 0 Å². The van der Waals surface area contributed by atoms with Gasteiger partial charge < -0.3 is 4.74 Å². The third-order valence-electron chi connectivity index (χ3n) is 3.62. The van der Waals surface area contributed by atoms with Crippen LogP contribution < -0.4 is 0 Å². The van der Waals surface area contributed by atoms with Gasteiger partial charge in [0, 0.05) is 6.61 Å². The molecule has 0 N–H and O–H groups in total. The molecule has 0 aliphatic carbocycles. The highest BCUT2D eigenvalue weighted by Gasteiger charge is 2.40. The van der Waals surface area contributed by atoms with Crippen molar-refractivity contribution in [2.75, 3.05) is 6.61 Å². The third kappa shape index (κ3) is 1.85. The molecule has 1 nitrogen and oxygen atoms in total. The zero-order valence-electron chi connectivity index (χ0n) is 9.11. The summed E-state index contributed by atoms with van der Waals surface area (Å²) in [6.07, 6.45) is 1.30. The Hall–Kier alpha value is 0.0249. The topological polar surface area (TPSA) is 9.23 Å². The Bertz CT molecular complexity index is 145. The standard InChI is InChI=1S/C10H21BO/c1-8-6-11-9(2,3)10(4,5)12-7-8/h8,11H,6-7H2,1-5H3. The summed E-state index contributed by atoms with van der Waals surface area (Å²) >= 11 is 0. The van der Waals surface area contributed by atoms with Gasteiger partial charge in [0.05, 0.1) is 5.60 Å². The maximum atomic E-state index is 5.92. The lowest BCUT2D eigenvalue weighted by Gasteiger charge is -2.39. The SMILES string of the molecule is CC1CBC(C)(C)C(C)(C)OC1. The van der Waals surface area contributed by atoms with Gasteiger partial charge in [0.2, 0.25) is 0 Å². The molecule has 1 fully saturated rings. The molecule has 1 aliphatic rings. The molecule has 1 unspecified atom stereocenters. The highest BCUT2D eigenvalue weighted by atomic mass is 16.5. The van der Waals surface area contributed by atoms with E-state index in [9.17, 15) is 0 Å². The van der Waals surface area contributed by atoms with E-state index in [0.717, 1.165) is 12.5 Å². The van der Waals surface area contributed by atoms with Crippen LogP contribution in [0.5, 0.6) is 0 Å². The highest BCUT2D eigenvalue weighted by Crippen LogP contribution is 2.43.